The number of aliphatic hydroxyl groups excluding tert-OH is 2. The highest BCUT2D eigenvalue weighted by Gasteiger charge is 2.20. The average Bonchev–Trinajstić information content (AvgIpc) is 3.48. The highest BCUT2D eigenvalue weighted by molar-refractivity contribution is 5.76. The normalized spacial score (nSPS) is 12.5. The van der Waals surface area contributed by atoms with Crippen molar-refractivity contribution in [1.29, 1.82) is 0 Å². The summed E-state index contributed by atoms with van der Waals surface area (Å²) in [6, 6.07) is -0.540. The maximum absolute atomic E-state index is 12.6. The first kappa shape index (κ1) is 80.6. The molecule has 82 heavy (non-hydrogen) atoms. The van der Waals surface area contributed by atoms with Crippen LogP contribution in [-0.4, -0.2) is 47.4 Å². The Morgan fingerprint density at radius 2 is 0.573 bits per heavy atom. The Morgan fingerprint density at radius 3 is 0.866 bits per heavy atom. The molecule has 0 fully saturated rings. The van der Waals surface area contributed by atoms with E-state index in [0.717, 1.165) is 44.9 Å². The highest BCUT2D eigenvalue weighted by Crippen LogP contribution is 2.20. The lowest BCUT2D eigenvalue weighted by Crippen LogP contribution is -2.45. The van der Waals surface area contributed by atoms with E-state index in [4.69, 9.17) is 4.74 Å². The molecule has 0 aliphatic heterocycles. The Hall–Kier alpha value is -1.40. The largest absolute Gasteiger partial charge is 0.466 e. The second-order valence-corrected chi connectivity index (χ2v) is 26.3. The molecule has 488 valence electrons. The van der Waals surface area contributed by atoms with Crippen molar-refractivity contribution in [1.82, 2.24) is 5.32 Å². The number of carbonyl (C=O) groups is 2. The molecule has 0 bridgehead atoms. The third kappa shape index (κ3) is 67.7. The molecule has 0 aliphatic carbocycles. The molecule has 2 atom stereocenters. The third-order valence-electron chi connectivity index (χ3n) is 18.1. The number of rotatable bonds is 72. The van der Waals surface area contributed by atoms with Crippen LogP contribution in [0, 0.1) is 0 Å². The molecule has 0 aliphatic rings. The van der Waals surface area contributed by atoms with Gasteiger partial charge in [-0.25, -0.2) is 0 Å². The molecule has 0 heterocycles. The average molecular weight is 1160 g/mol. The van der Waals surface area contributed by atoms with Crippen molar-refractivity contribution >= 4 is 11.9 Å². The van der Waals surface area contributed by atoms with Gasteiger partial charge < -0.3 is 20.3 Å². The molecule has 1 amide bonds. The standard InChI is InChI=1S/C76H149NO5/c1-3-5-7-9-11-13-15-17-19-20-21-22-31-34-37-41-44-48-52-56-60-64-68-74(79)73(72-78)77-75(80)69-65-61-57-53-49-45-42-38-35-32-29-27-25-23-24-26-28-30-33-36-39-43-47-51-55-59-63-67-71-82-76(81)70-66-62-58-54-50-46-40-18-16-14-12-10-8-6-4-2/h18,40,73-74,78-79H,3-17,19-39,41-72H2,1-2H3,(H,77,80)/b40-18-. The van der Waals surface area contributed by atoms with Crippen LogP contribution < -0.4 is 5.32 Å². The molecule has 0 aromatic carbocycles. The van der Waals surface area contributed by atoms with Gasteiger partial charge in [0.25, 0.3) is 0 Å². The Labute approximate surface area is 514 Å². The number of nitrogens with one attached hydrogen (secondary N) is 1. The van der Waals surface area contributed by atoms with Crippen molar-refractivity contribution in [3.05, 3.63) is 12.2 Å². The summed E-state index contributed by atoms with van der Waals surface area (Å²) in [7, 11) is 0. The monoisotopic (exact) mass is 1160 g/mol. The second-order valence-electron chi connectivity index (χ2n) is 26.3. The summed E-state index contributed by atoms with van der Waals surface area (Å²) < 4.78 is 5.50. The summed E-state index contributed by atoms with van der Waals surface area (Å²) >= 11 is 0. The predicted octanol–water partition coefficient (Wildman–Crippen LogP) is 24.7. The molecule has 0 saturated heterocycles. The highest BCUT2D eigenvalue weighted by atomic mass is 16.5. The third-order valence-corrected chi connectivity index (χ3v) is 18.1. The van der Waals surface area contributed by atoms with Gasteiger partial charge in [0, 0.05) is 12.8 Å². The molecule has 0 saturated carbocycles. The number of amides is 1. The molecule has 0 aromatic rings. The van der Waals surface area contributed by atoms with Crippen LogP contribution in [-0.2, 0) is 14.3 Å². The van der Waals surface area contributed by atoms with E-state index in [2.05, 4.69) is 31.3 Å². The Bertz CT molecular complexity index is 1240. The van der Waals surface area contributed by atoms with Gasteiger partial charge >= 0.3 is 5.97 Å². The summed E-state index contributed by atoms with van der Waals surface area (Å²) in [6.07, 6.45) is 90.0. The number of hydrogen-bond acceptors (Lipinski definition) is 5. The van der Waals surface area contributed by atoms with Crippen LogP contribution in [0.4, 0.5) is 0 Å². The minimum atomic E-state index is -0.663. The lowest BCUT2D eigenvalue weighted by atomic mass is 10.0. The fourth-order valence-corrected chi connectivity index (χ4v) is 12.3. The van der Waals surface area contributed by atoms with Crippen molar-refractivity contribution in [3.63, 3.8) is 0 Å². The SMILES string of the molecule is CCCCCCCC/C=C\CCCCCCCC(=O)OCCCCCCCCCCCCCCCCCCCCCCCCCCCCCCC(=O)NC(CO)C(O)CCCCCCCCCCCCCCCCCCCCCCCC. The van der Waals surface area contributed by atoms with Gasteiger partial charge in [-0.05, 0) is 51.4 Å². The van der Waals surface area contributed by atoms with Gasteiger partial charge in [-0.3, -0.25) is 9.59 Å². The minimum absolute atomic E-state index is 0.0121. The lowest BCUT2D eigenvalue weighted by molar-refractivity contribution is -0.143. The van der Waals surface area contributed by atoms with Crippen molar-refractivity contribution in [3.8, 4) is 0 Å². The number of ether oxygens (including phenoxy) is 1. The topological polar surface area (TPSA) is 95.9 Å². The van der Waals surface area contributed by atoms with Gasteiger partial charge in [0.15, 0.2) is 0 Å². The number of allylic oxidation sites excluding steroid dienone is 2. The second kappa shape index (κ2) is 72.1. The van der Waals surface area contributed by atoms with E-state index in [1.165, 1.54) is 360 Å². The fourth-order valence-electron chi connectivity index (χ4n) is 12.3. The molecular weight excluding hydrogens is 1010 g/mol. The molecule has 0 rings (SSSR count). The van der Waals surface area contributed by atoms with Gasteiger partial charge in [0.1, 0.15) is 0 Å². The van der Waals surface area contributed by atoms with Crippen LogP contribution in [0.5, 0.6) is 0 Å². The summed E-state index contributed by atoms with van der Waals surface area (Å²) in [6.45, 7) is 5.00. The summed E-state index contributed by atoms with van der Waals surface area (Å²) in [5, 5.41) is 23.5. The van der Waals surface area contributed by atoms with Crippen molar-refractivity contribution in [2.24, 2.45) is 0 Å². The van der Waals surface area contributed by atoms with E-state index >= 15 is 0 Å². The summed E-state index contributed by atoms with van der Waals surface area (Å²) in [5.74, 6) is -0.0142. The van der Waals surface area contributed by atoms with Crippen LogP contribution in [0.2, 0.25) is 0 Å². The van der Waals surface area contributed by atoms with Crippen molar-refractivity contribution < 1.29 is 24.5 Å². The quantitative estimate of drug-likeness (QED) is 0.0320. The van der Waals surface area contributed by atoms with Gasteiger partial charge in [-0.1, -0.05) is 386 Å². The van der Waals surface area contributed by atoms with Gasteiger partial charge in [-0.2, -0.15) is 0 Å². The molecule has 0 spiro atoms. The van der Waals surface area contributed by atoms with E-state index in [0.29, 0.717) is 25.9 Å². The maximum Gasteiger partial charge on any atom is 0.305 e. The maximum atomic E-state index is 12.6. The Morgan fingerprint density at radius 1 is 0.329 bits per heavy atom. The predicted molar refractivity (Wildman–Crippen MR) is 361 cm³/mol. The zero-order valence-corrected chi connectivity index (χ0v) is 56.0. The Balaban J connectivity index is 3.34. The molecule has 2 unspecified atom stereocenters. The molecule has 6 nitrogen and oxygen atoms in total. The molecule has 3 N–H and O–H groups in total. The van der Waals surface area contributed by atoms with Crippen molar-refractivity contribution in [2.75, 3.05) is 13.2 Å². The van der Waals surface area contributed by atoms with Crippen LogP contribution >= 0.6 is 0 Å². The number of hydrogen-bond donors (Lipinski definition) is 3. The van der Waals surface area contributed by atoms with Crippen LogP contribution in [0.25, 0.3) is 0 Å². The van der Waals surface area contributed by atoms with Crippen molar-refractivity contribution in [2.45, 2.75) is 450 Å². The van der Waals surface area contributed by atoms with E-state index in [9.17, 15) is 19.8 Å². The van der Waals surface area contributed by atoms with Crippen LogP contribution in [0.15, 0.2) is 12.2 Å². The van der Waals surface area contributed by atoms with E-state index in [-0.39, 0.29) is 18.5 Å². The van der Waals surface area contributed by atoms with E-state index in [1.54, 1.807) is 0 Å². The van der Waals surface area contributed by atoms with Gasteiger partial charge in [-0.15, -0.1) is 0 Å². The van der Waals surface area contributed by atoms with Gasteiger partial charge in [0.2, 0.25) is 5.91 Å². The number of unbranched alkanes of at least 4 members (excludes halogenated alkanes) is 59. The zero-order chi connectivity index (χ0) is 59.2. The molecular formula is C76H149NO5. The summed E-state index contributed by atoms with van der Waals surface area (Å²) in [5.41, 5.74) is 0. The van der Waals surface area contributed by atoms with E-state index < -0.39 is 12.1 Å². The first-order valence-corrected chi connectivity index (χ1v) is 37.9. The number of carbonyl (C=O) groups excluding carboxylic acids is 2. The van der Waals surface area contributed by atoms with E-state index in [1.807, 2.05) is 0 Å². The molecule has 6 heteroatoms. The number of esters is 1. The fraction of sp³-hybridized carbons (Fsp3) is 0.947. The minimum Gasteiger partial charge on any atom is -0.466 e. The van der Waals surface area contributed by atoms with Gasteiger partial charge in [0.05, 0.1) is 25.4 Å². The smallest absolute Gasteiger partial charge is 0.305 e. The lowest BCUT2D eigenvalue weighted by Gasteiger charge is -2.22. The molecule has 0 radical (unpaired) electrons. The zero-order valence-electron chi connectivity index (χ0n) is 56.0. The first-order valence-electron chi connectivity index (χ1n) is 37.9. The van der Waals surface area contributed by atoms with Crippen LogP contribution in [0.3, 0.4) is 0 Å². The van der Waals surface area contributed by atoms with Crippen LogP contribution in [0.1, 0.15) is 438 Å². The Kier molecular flexibility index (Phi) is 70.8. The number of aliphatic hydroxyl groups is 2. The first-order chi connectivity index (χ1) is 40.5. The molecule has 0 aromatic heterocycles. The summed E-state index contributed by atoms with van der Waals surface area (Å²) in [4.78, 5) is 24.6.